The molecule has 1 atom stereocenters. The van der Waals surface area contributed by atoms with Crippen molar-refractivity contribution in [3.63, 3.8) is 0 Å². The molecule has 2 N–H and O–H groups in total. The lowest BCUT2D eigenvalue weighted by atomic mass is 9.91. The number of ether oxygens (including phenoxy) is 2. The van der Waals surface area contributed by atoms with Gasteiger partial charge in [0.25, 0.3) is 0 Å². The lowest BCUT2D eigenvalue weighted by molar-refractivity contribution is -0.125. The van der Waals surface area contributed by atoms with Crippen LogP contribution in [0.2, 0.25) is 0 Å². The zero-order valence-corrected chi connectivity index (χ0v) is 23.6. The highest BCUT2D eigenvalue weighted by Crippen LogP contribution is 2.35. The predicted molar refractivity (Wildman–Crippen MR) is 153 cm³/mol. The number of Topliss-reactive ketones (excluding diaryl/α,β-unsaturated/α-hetero) is 1. The third kappa shape index (κ3) is 8.99. The van der Waals surface area contributed by atoms with E-state index in [1.165, 1.54) is 12.5 Å². The molecule has 0 unspecified atom stereocenters. The summed E-state index contributed by atoms with van der Waals surface area (Å²) in [5.74, 6) is 0.471. The Balaban J connectivity index is 1.62. The van der Waals surface area contributed by atoms with Gasteiger partial charge in [-0.25, -0.2) is 4.79 Å². The number of carbonyl (C=O) groups excluding carboxylic acids is 2. The standard InChI is InChI=1S/C31H39NO5S/c1-30(2,3)37-29(35)32-31(4,22-33)28(34)21-24-16-17-26(25(20-24)27-15-11-19-38-27)36-18-10-6-9-14-23-12-7-5-8-13-23/h5,7-8,11-13,15-17,19-20,33H,6,9-10,14,18,21-22H2,1-4H3,(H,32,35)/t31-/m1/s1. The number of hydrogen-bond acceptors (Lipinski definition) is 6. The molecule has 1 aromatic heterocycles. The molecule has 6 nitrogen and oxygen atoms in total. The number of aliphatic hydroxyl groups excluding tert-OH is 1. The van der Waals surface area contributed by atoms with Crippen LogP contribution in [0.15, 0.2) is 66.0 Å². The van der Waals surface area contributed by atoms with E-state index in [4.69, 9.17) is 9.47 Å². The maximum Gasteiger partial charge on any atom is 0.408 e. The van der Waals surface area contributed by atoms with Crippen LogP contribution in [0, 0.1) is 0 Å². The van der Waals surface area contributed by atoms with Crippen molar-refractivity contribution < 1.29 is 24.2 Å². The fraction of sp³-hybridized carbons (Fsp3) is 0.419. The van der Waals surface area contributed by atoms with Crippen LogP contribution in [0.25, 0.3) is 10.4 Å². The molecule has 0 spiro atoms. The van der Waals surface area contributed by atoms with Gasteiger partial charge in [0.1, 0.15) is 16.9 Å². The molecule has 2 aromatic carbocycles. The number of benzene rings is 2. The van der Waals surface area contributed by atoms with E-state index in [0.29, 0.717) is 6.61 Å². The highest BCUT2D eigenvalue weighted by Gasteiger charge is 2.35. The molecule has 3 rings (SSSR count). The first kappa shape index (κ1) is 29.4. The van der Waals surface area contributed by atoms with E-state index in [1.807, 2.05) is 41.8 Å². The van der Waals surface area contributed by atoms with E-state index < -0.39 is 23.8 Å². The van der Waals surface area contributed by atoms with Gasteiger partial charge in [-0.1, -0.05) is 42.5 Å². The van der Waals surface area contributed by atoms with Gasteiger partial charge >= 0.3 is 6.09 Å². The number of unbranched alkanes of at least 4 members (excludes halogenated alkanes) is 2. The predicted octanol–water partition coefficient (Wildman–Crippen LogP) is 6.59. The summed E-state index contributed by atoms with van der Waals surface area (Å²) in [4.78, 5) is 26.5. The summed E-state index contributed by atoms with van der Waals surface area (Å²) in [6, 6.07) is 20.2. The van der Waals surface area contributed by atoms with Crippen molar-refractivity contribution in [1.29, 1.82) is 0 Å². The second-order valence-electron chi connectivity index (χ2n) is 10.7. The van der Waals surface area contributed by atoms with Gasteiger partial charge in [-0.15, -0.1) is 11.3 Å². The number of alkyl carbamates (subject to hydrolysis) is 1. The number of hydrogen-bond donors (Lipinski definition) is 2. The number of rotatable bonds is 13. The summed E-state index contributed by atoms with van der Waals surface area (Å²) in [5, 5.41) is 14.5. The number of nitrogens with one attached hydrogen (secondary N) is 1. The Morgan fingerprint density at radius 2 is 1.68 bits per heavy atom. The molecule has 38 heavy (non-hydrogen) atoms. The van der Waals surface area contributed by atoms with E-state index in [0.717, 1.165) is 47.4 Å². The number of amides is 1. The first-order valence-corrected chi connectivity index (χ1v) is 14.0. The Labute approximate surface area is 230 Å². The normalized spacial score (nSPS) is 13.0. The fourth-order valence-electron chi connectivity index (χ4n) is 3.98. The van der Waals surface area contributed by atoms with E-state index >= 15 is 0 Å². The van der Waals surface area contributed by atoms with Gasteiger partial charge in [-0.3, -0.25) is 4.79 Å². The van der Waals surface area contributed by atoms with Gasteiger partial charge < -0.3 is 19.9 Å². The van der Waals surface area contributed by atoms with Crippen molar-refractivity contribution in [2.24, 2.45) is 0 Å². The van der Waals surface area contributed by atoms with Crippen molar-refractivity contribution in [2.75, 3.05) is 13.2 Å². The Hall–Kier alpha value is -3.16. The van der Waals surface area contributed by atoms with E-state index in [-0.39, 0.29) is 12.2 Å². The molecule has 0 bridgehead atoms. The Morgan fingerprint density at radius 3 is 2.34 bits per heavy atom. The third-order valence-electron chi connectivity index (χ3n) is 6.11. The van der Waals surface area contributed by atoms with Crippen molar-refractivity contribution >= 4 is 23.2 Å². The molecule has 0 fully saturated rings. The van der Waals surface area contributed by atoms with Gasteiger partial charge in [0.15, 0.2) is 5.78 Å². The first-order valence-electron chi connectivity index (χ1n) is 13.1. The Kier molecular flexibility index (Phi) is 10.5. The zero-order valence-electron chi connectivity index (χ0n) is 22.8. The second-order valence-corrected chi connectivity index (χ2v) is 11.6. The molecule has 3 aromatic rings. The van der Waals surface area contributed by atoms with Gasteiger partial charge in [-0.2, -0.15) is 0 Å². The number of thiophene rings is 1. The molecular weight excluding hydrogens is 498 g/mol. The molecule has 7 heteroatoms. The van der Waals surface area contributed by atoms with Gasteiger partial charge in [0, 0.05) is 16.9 Å². The maximum absolute atomic E-state index is 13.2. The van der Waals surface area contributed by atoms with Crippen LogP contribution >= 0.6 is 11.3 Å². The van der Waals surface area contributed by atoms with Crippen LogP contribution in [-0.4, -0.2) is 41.3 Å². The summed E-state index contributed by atoms with van der Waals surface area (Å²) < 4.78 is 11.4. The van der Waals surface area contributed by atoms with Crippen LogP contribution in [0.5, 0.6) is 5.75 Å². The fourth-order valence-corrected chi connectivity index (χ4v) is 4.73. The molecule has 1 heterocycles. The highest BCUT2D eigenvalue weighted by atomic mass is 32.1. The smallest absolute Gasteiger partial charge is 0.408 e. The van der Waals surface area contributed by atoms with Crippen LogP contribution in [-0.2, 0) is 22.4 Å². The minimum absolute atomic E-state index is 0.0466. The molecule has 0 radical (unpaired) electrons. The minimum Gasteiger partial charge on any atom is -0.493 e. The van der Waals surface area contributed by atoms with E-state index in [1.54, 1.807) is 32.1 Å². The number of aryl methyl sites for hydroxylation is 1. The highest BCUT2D eigenvalue weighted by molar-refractivity contribution is 7.13. The quantitative estimate of drug-likeness (QED) is 0.240. The van der Waals surface area contributed by atoms with Crippen LogP contribution in [0.1, 0.15) is 58.1 Å². The van der Waals surface area contributed by atoms with Crippen LogP contribution in [0.4, 0.5) is 4.79 Å². The Bertz CT molecular complexity index is 1170. The second kappa shape index (κ2) is 13.6. The molecule has 0 saturated carbocycles. The largest absolute Gasteiger partial charge is 0.493 e. The van der Waals surface area contributed by atoms with Crippen LogP contribution in [0.3, 0.4) is 0 Å². The van der Waals surface area contributed by atoms with Gasteiger partial charge in [-0.05, 0) is 88.1 Å². The van der Waals surface area contributed by atoms with Gasteiger partial charge in [0.05, 0.1) is 13.2 Å². The van der Waals surface area contributed by atoms with E-state index in [9.17, 15) is 14.7 Å². The maximum atomic E-state index is 13.2. The molecule has 1 amide bonds. The average Bonchev–Trinajstić information content (AvgIpc) is 3.41. The summed E-state index contributed by atoms with van der Waals surface area (Å²) in [5.41, 5.74) is 0.897. The number of ketones is 1. The average molecular weight is 538 g/mol. The number of carbonyl (C=O) groups is 2. The Morgan fingerprint density at radius 1 is 0.921 bits per heavy atom. The minimum atomic E-state index is -1.46. The topological polar surface area (TPSA) is 84.9 Å². The molecular formula is C31H39NO5S. The summed E-state index contributed by atoms with van der Waals surface area (Å²) in [7, 11) is 0. The first-order chi connectivity index (χ1) is 18.1. The molecule has 0 aliphatic rings. The summed E-state index contributed by atoms with van der Waals surface area (Å²) >= 11 is 1.61. The monoisotopic (exact) mass is 537 g/mol. The van der Waals surface area contributed by atoms with Crippen molar-refractivity contribution in [2.45, 2.75) is 70.9 Å². The lowest BCUT2D eigenvalue weighted by Gasteiger charge is -2.29. The summed E-state index contributed by atoms with van der Waals surface area (Å²) in [6.45, 7) is 6.82. The van der Waals surface area contributed by atoms with Crippen molar-refractivity contribution in [3.05, 3.63) is 77.2 Å². The molecule has 0 aliphatic heterocycles. The number of aliphatic hydroxyl groups is 1. The lowest BCUT2D eigenvalue weighted by Crippen LogP contribution is -2.56. The van der Waals surface area contributed by atoms with Gasteiger partial charge in [0.2, 0.25) is 0 Å². The van der Waals surface area contributed by atoms with Crippen molar-refractivity contribution in [3.8, 4) is 16.2 Å². The van der Waals surface area contributed by atoms with Crippen LogP contribution < -0.4 is 10.1 Å². The van der Waals surface area contributed by atoms with Crippen molar-refractivity contribution in [1.82, 2.24) is 5.32 Å². The molecule has 204 valence electrons. The molecule has 0 aliphatic carbocycles. The summed E-state index contributed by atoms with van der Waals surface area (Å²) in [6.07, 6.45) is 3.54. The molecule has 0 saturated heterocycles. The van der Waals surface area contributed by atoms with E-state index in [2.05, 4.69) is 29.6 Å². The third-order valence-corrected chi connectivity index (χ3v) is 7.02. The zero-order chi connectivity index (χ0) is 27.6. The SMILES string of the molecule is CC(C)(C)OC(=O)N[C@](C)(CO)C(=O)Cc1ccc(OCCCCCc2ccccc2)c(-c2cccs2)c1.